The molecule has 0 heterocycles. The molecule has 1 aliphatic rings. The van der Waals surface area contributed by atoms with Gasteiger partial charge in [0.1, 0.15) is 0 Å². The highest BCUT2D eigenvalue weighted by atomic mass is 16.3. The molecule has 19 heavy (non-hydrogen) atoms. The molecule has 1 fully saturated rings. The molecule has 0 aliphatic heterocycles. The molecule has 1 saturated carbocycles. The smallest absolute Gasteiger partial charge is 0.0695 e. The second-order valence-corrected chi connectivity index (χ2v) is 6.74. The summed E-state index contributed by atoms with van der Waals surface area (Å²) < 4.78 is 0. The Labute approximate surface area is 120 Å². The number of aliphatic hydroxyl groups is 1. The van der Waals surface area contributed by atoms with Gasteiger partial charge in [-0.25, -0.2) is 0 Å². The van der Waals surface area contributed by atoms with E-state index in [9.17, 15) is 5.11 Å². The number of hydrogen-bond donors (Lipinski definition) is 1. The number of likely N-dealkylation sites (N-methyl/N-ethyl adjacent to an activating group) is 1. The van der Waals surface area contributed by atoms with Crippen molar-refractivity contribution in [1.82, 2.24) is 9.80 Å². The molecule has 0 saturated heterocycles. The largest absolute Gasteiger partial charge is 0.391 e. The van der Waals surface area contributed by atoms with E-state index in [0.29, 0.717) is 6.04 Å². The number of aliphatic hydroxyl groups excluding tert-OH is 1. The third-order valence-electron chi connectivity index (χ3n) is 4.69. The van der Waals surface area contributed by atoms with Gasteiger partial charge in [0.05, 0.1) is 6.10 Å². The van der Waals surface area contributed by atoms with Crippen LogP contribution in [0.1, 0.15) is 46.5 Å². The molecule has 1 rings (SSSR count). The molecular weight excluding hydrogens is 236 g/mol. The van der Waals surface area contributed by atoms with Crippen molar-refractivity contribution in [2.75, 3.05) is 33.7 Å². The van der Waals surface area contributed by atoms with Crippen molar-refractivity contribution < 1.29 is 5.11 Å². The lowest BCUT2D eigenvalue weighted by Gasteiger charge is -2.41. The Kier molecular flexibility index (Phi) is 7.33. The molecule has 3 heteroatoms. The molecular formula is C16H34N2O. The van der Waals surface area contributed by atoms with Crippen molar-refractivity contribution in [3.63, 3.8) is 0 Å². The van der Waals surface area contributed by atoms with Crippen molar-refractivity contribution >= 4 is 0 Å². The van der Waals surface area contributed by atoms with E-state index in [1.807, 2.05) is 0 Å². The maximum Gasteiger partial charge on any atom is 0.0695 e. The Balaban J connectivity index is 2.51. The van der Waals surface area contributed by atoms with Crippen LogP contribution in [0.5, 0.6) is 0 Å². The zero-order chi connectivity index (χ0) is 14.4. The first-order valence-corrected chi connectivity index (χ1v) is 8.02. The minimum absolute atomic E-state index is 0.116. The van der Waals surface area contributed by atoms with Crippen molar-refractivity contribution in [3.8, 4) is 0 Å². The Morgan fingerprint density at radius 2 is 1.84 bits per heavy atom. The summed E-state index contributed by atoms with van der Waals surface area (Å²) >= 11 is 0. The number of nitrogens with zero attached hydrogens (tertiary/aromatic N) is 2. The monoisotopic (exact) mass is 270 g/mol. The Hall–Kier alpha value is -0.120. The van der Waals surface area contributed by atoms with Crippen LogP contribution in [0.25, 0.3) is 0 Å². The summed E-state index contributed by atoms with van der Waals surface area (Å²) in [5.74, 6) is 1.53. The maximum absolute atomic E-state index is 10.3. The van der Waals surface area contributed by atoms with Gasteiger partial charge in [0.25, 0.3) is 0 Å². The summed E-state index contributed by atoms with van der Waals surface area (Å²) in [5.41, 5.74) is 0. The van der Waals surface area contributed by atoms with Crippen LogP contribution in [0, 0.1) is 11.8 Å². The first kappa shape index (κ1) is 16.9. The molecule has 1 N–H and O–H groups in total. The van der Waals surface area contributed by atoms with E-state index in [0.717, 1.165) is 37.9 Å². The fourth-order valence-electron chi connectivity index (χ4n) is 3.31. The molecule has 3 nitrogen and oxygen atoms in total. The van der Waals surface area contributed by atoms with Gasteiger partial charge in [-0.2, -0.15) is 0 Å². The quantitative estimate of drug-likeness (QED) is 0.770. The predicted molar refractivity (Wildman–Crippen MR) is 82.4 cm³/mol. The average Bonchev–Trinajstić information content (AvgIpc) is 2.35. The Morgan fingerprint density at radius 3 is 2.37 bits per heavy atom. The molecule has 0 bridgehead atoms. The first-order chi connectivity index (χ1) is 8.95. The van der Waals surface area contributed by atoms with E-state index < -0.39 is 0 Å². The predicted octanol–water partition coefficient (Wildman–Crippen LogP) is 2.45. The summed E-state index contributed by atoms with van der Waals surface area (Å²) in [6, 6.07) is 0.383. The highest BCUT2D eigenvalue weighted by molar-refractivity contribution is 4.87. The van der Waals surface area contributed by atoms with Crippen LogP contribution >= 0.6 is 0 Å². The van der Waals surface area contributed by atoms with Crippen molar-refractivity contribution in [2.45, 2.75) is 58.6 Å². The molecule has 0 aromatic heterocycles. The highest BCUT2D eigenvalue weighted by Gasteiger charge is 2.33. The first-order valence-electron chi connectivity index (χ1n) is 8.02. The van der Waals surface area contributed by atoms with Crippen LogP contribution in [-0.4, -0.2) is 60.8 Å². The van der Waals surface area contributed by atoms with Gasteiger partial charge in [-0.05, 0) is 71.2 Å². The van der Waals surface area contributed by atoms with E-state index in [-0.39, 0.29) is 6.10 Å². The van der Waals surface area contributed by atoms with Gasteiger partial charge < -0.3 is 10.0 Å². The van der Waals surface area contributed by atoms with E-state index in [2.05, 4.69) is 44.7 Å². The third kappa shape index (κ3) is 5.41. The van der Waals surface area contributed by atoms with Crippen LogP contribution in [0.4, 0.5) is 0 Å². The van der Waals surface area contributed by atoms with Crippen molar-refractivity contribution in [1.29, 1.82) is 0 Å². The second-order valence-electron chi connectivity index (χ2n) is 6.74. The van der Waals surface area contributed by atoms with Crippen molar-refractivity contribution in [2.24, 2.45) is 11.8 Å². The Bertz CT molecular complexity index is 243. The minimum atomic E-state index is -0.116. The molecule has 3 unspecified atom stereocenters. The van der Waals surface area contributed by atoms with Crippen molar-refractivity contribution in [3.05, 3.63) is 0 Å². The normalized spacial score (nSPS) is 28.6. The molecule has 0 spiro atoms. The van der Waals surface area contributed by atoms with Crippen LogP contribution in [0.3, 0.4) is 0 Å². The van der Waals surface area contributed by atoms with Crippen LogP contribution in [0.15, 0.2) is 0 Å². The van der Waals surface area contributed by atoms with Crippen LogP contribution < -0.4 is 0 Å². The van der Waals surface area contributed by atoms with Crippen LogP contribution in [0.2, 0.25) is 0 Å². The minimum Gasteiger partial charge on any atom is -0.391 e. The fourth-order valence-corrected chi connectivity index (χ4v) is 3.31. The second kappa shape index (κ2) is 8.23. The maximum atomic E-state index is 10.3. The average molecular weight is 270 g/mol. The lowest BCUT2D eigenvalue weighted by molar-refractivity contribution is -0.00343. The zero-order valence-corrected chi connectivity index (χ0v) is 13.6. The molecule has 1 aliphatic carbocycles. The van der Waals surface area contributed by atoms with Gasteiger partial charge in [-0.15, -0.1) is 0 Å². The van der Waals surface area contributed by atoms with E-state index in [1.165, 1.54) is 19.3 Å². The molecule has 0 amide bonds. The third-order valence-corrected chi connectivity index (χ3v) is 4.69. The summed E-state index contributed by atoms with van der Waals surface area (Å²) in [6.45, 7) is 10.2. The van der Waals surface area contributed by atoms with E-state index in [4.69, 9.17) is 0 Å². The number of hydrogen-bond acceptors (Lipinski definition) is 3. The van der Waals surface area contributed by atoms with Crippen LogP contribution in [-0.2, 0) is 0 Å². The fraction of sp³-hybridized carbons (Fsp3) is 1.00. The van der Waals surface area contributed by atoms with E-state index in [1.54, 1.807) is 0 Å². The standard InChI is InChI=1S/C16H34N2O/c1-6-18(11-7-10-17(4)5)15-12-14(13(2)3)8-9-16(15)19/h13-16,19H,6-12H2,1-5H3. The lowest BCUT2D eigenvalue weighted by Crippen LogP contribution is -2.48. The summed E-state index contributed by atoms with van der Waals surface area (Å²) in [6.07, 6.45) is 4.43. The van der Waals surface area contributed by atoms with Gasteiger partial charge in [0.15, 0.2) is 0 Å². The SMILES string of the molecule is CCN(CCCN(C)C)C1CC(C(C)C)CCC1O. The summed E-state index contributed by atoms with van der Waals surface area (Å²) in [4.78, 5) is 4.74. The molecule has 0 radical (unpaired) electrons. The van der Waals surface area contributed by atoms with Gasteiger partial charge >= 0.3 is 0 Å². The molecule has 0 aromatic carbocycles. The lowest BCUT2D eigenvalue weighted by atomic mass is 9.77. The Morgan fingerprint density at radius 1 is 1.16 bits per heavy atom. The topological polar surface area (TPSA) is 26.7 Å². The van der Waals surface area contributed by atoms with Gasteiger partial charge in [-0.3, -0.25) is 4.90 Å². The highest BCUT2D eigenvalue weighted by Crippen LogP contribution is 2.32. The summed E-state index contributed by atoms with van der Waals surface area (Å²) in [5, 5.41) is 10.3. The molecule has 3 atom stereocenters. The summed E-state index contributed by atoms with van der Waals surface area (Å²) in [7, 11) is 4.25. The van der Waals surface area contributed by atoms with E-state index >= 15 is 0 Å². The van der Waals surface area contributed by atoms with Gasteiger partial charge in [0, 0.05) is 6.04 Å². The zero-order valence-electron chi connectivity index (χ0n) is 13.6. The van der Waals surface area contributed by atoms with Gasteiger partial charge in [0.2, 0.25) is 0 Å². The molecule has 0 aromatic rings. The van der Waals surface area contributed by atoms with Gasteiger partial charge in [-0.1, -0.05) is 20.8 Å². The molecule has 114 valence electrons. The number of rotatable bonds is 7.